The van der Waals surface area contributed by atoms with E-state index in [-0.39, 0.29) is 12.0 Å². The lowest BCUT2D eigenvalue weighted by molar-refractivity contribution is -0.115. The Balaban J connectivity index is 1.55. The number of nitrogens with zero attached hydrogens (tertiary/aromatic N) is 3. The second-order valence-electron chi connectivity index (χ2n) is 6.53. The number of rotatable bonds is 6. The molecule has 0 bridgehead atoms. The number of ether oxygens (including phenoxy) is 1. The Morgan fingerprint density at radius 1 is 0.963 bits per heavy atom. The van der Waals surface area contributed by atoms with Crippen molar-refractivity contribution in [2.45, 2.75) is 19.0 Å². The number of carbonyl (C=O) groups excluding carboxylic acids is 1. The first kappa shape index (κ1) is 17.4. The first-order chi connectivity index (χ1) is 13.2. The summed E-state index contributed by atoms with van der Waals surface area (Å²) in [6, 6.07) is 15.4. The van der Waals surface area contributed by atoms with E-state index in [2.05, 4.69) is 10.00 Å². The molecule has 2 heterocycles. The number of aromatic nitrogens is 2. The smallest absolute Gasteiger partial charge is 0.160 e. The lowest BCUT2D eigenvalue weighted by Gasteiger charge is -2.24. The second kappa shape index (κ2) is 7.72. The number of hydrogen-bond donors (Lipinski definition) is 0. The zero-order valence-electron chi connectivity index (χ0n) is 14.8. The summed E-state index contributed by atoms with van der Waals surface area (Å²) in [5.74, 6) is 0.931. The molecule has 1 atom stereocenters. The Morgan fingerprint density at radius 2 is 1.59 bits per heavy atom. The molecular formula is C21H20FN3O2. The summed E-state index contributed by atoms with van der Waals surface area (Å²) in [7, 11) is 0. The van der Waals surface area contributed by atoms with Gasteiger partial charge in [0.2, 0.25) is 0 Å². The molecule has 1 aromatic heterocycles. The van der Waals surface area contributed by atoms with Crippen LogP contribution in [0.15, 0.2) is 60.8 Å². The summed E-state index contributed by atoms with van der Waals surface area (Å²) in [4.78, 5) is 13.9. The highest BCUT2D eigenvalue weighted by Gasteiger charge is 2.25. The van der Waals surface area contributed by atoms with Gasteiger partial charge in [-0.15, -0.1) is 0 Å². The van der Waals surface area contributed by atoms with Crippen molar-refractivity contribution >= 4 is 6.29 Å². The van der Waals surface area contributed by atoms with E-state index in [4.69, 9.17) is 4.74 Å². The van der Waals surface area contributed by atoms with Gasteiger partial charge in [0, 0.05) is 24.8 Å². The maximum atomic E-state index is 13.0. The van der Waals surface area contributed by atoms with Crippen LogP contribution in [0.2, 0.25) is 0 Å². The minimum atomic E-state index is -0.382. The van der Waals surface area contributed by atoms with Crippen molar-refractivity contribution in [2.24, 2.45) is 0 Å². The molecule has 1 unspecified atom stereocenters. The van der Waals surface area contributed by atoms with Crippen LogP contribution in [0.25, 0.3) is 11.3 Å². The summed E-state index contributed by atoms with van der Waals surface area (Å²) in [5.41, 5.74) is 1.83. The van der Waals surface area contributed by atoms with Crippen LogP contribution in [0.3, 0.4) is 0 Å². The number of likely N-dealkylation sites (tertiary alicyclic amines) is 1. The first-order valence-corrected chi connectivity index (χ1v) is 9.01. The van der Waals surface area contributed by atoms with Gasteiger partial charge in [0.05, 0.1) is 5.69 Å². The van der Waals surface area contributed by atoms with Gasteiger partial charge in [-0.05, 0) is 67.4 Å². The SMILES string of the molecule is O=CC(N1CCCC1)n1nccc1-c1ccc(Oc2ccc(F)cc2)cc1. The third-order valence-electron chi connectivity index (χ3n) is 4.76. The molecule has 0 amide bonds. The summed E-state index contributed by atoms with van der Waals surface area (Å²) in [6.07, 6.45) is 4.50. The Labute approximate surface area is 157 Å². The summed E-state index contributed by atoms with van der Waals surface area (Å²) < 4.78 is 20.5. The van der Waals surface area contributed by atoms with Crippen molar-refractivity contribution in [3.05, 3.63) is 66.6 Å². The lowest BCUT2D eigenvalue weighted by Crippen LogP contribution is -2.32. The molecule has 1 aliphatic rings. The fourth-order valence-electron chi connectivity index (χ4n) is 3.39. The molecule has 0 spiro atoms. The first-order valence-electron chi connectivity index (χ1n) is 9.01. The maximum Gasteiger partial charge on any atom is 0.160 e. The van der Waals surface area contributed by atoms with Gasteiger partial charge < -0.3 is 4.74 Å². The number of carbonyl (C=O) groups is 1. The fourth-order valence-corrected chi connectivity index (χ4v) is 3.39. The second-order valence-corrected chi connectivity index (χ2v) is 6.53. The Kier molecular flexibility index (Phi) is 4.98. The third-order valence-corrected chi connectivity index (χ3v) is 4.76. The molecule has 0 radical (unpaired) electrons. The number of aldehydes is 1. The van der Waals surface area contributed by atoms with E-state index in [1.807, 2.05) is 30.3 Å². The molecule has 5 nitrogen and oxygen atoms in total. The minimum Gasteiger partial charge on any atom is -0.457 e. The molecule has 1 saturated heterocycles. The summed E-state index contributed by atoms with van der Waals surface area (Å²) in [6.45, 7) is 1.82. The molecule has 138 valence electrons. The van der Waals surface area contributed by atoms with Crippen molar-refractivity contribution < 1.29 is 13.9 Å². The highest BCUT2D eigenvalue weighted by molar-refractivity contribution is 5.64. The molecule has 3 aromatic rings. The molecule has 0 N–H and O–H groups in total. The zero-order chi connectivity index (χ0) is 18.6. The topological polar surface area (TPSA) is 47.4 Å². The van der Waals surface area contributed by atoms with E-state index in [9.17, 15) is 9.18 Å². The van der Waals surface area contributed by atoms with Crippen LogP contribution in [-0.4, -0.2) is 34.1 Å². The van der Waals surface area contributed by atoms with Crippen molar-refractivity contribution in [2.75, 3.05) is 13.1 Å². The predicted molar refractivity (Wildman–Crippen MR) is 100 cm³/mol. The van der Waals surface area contributed by atoms with Crippen LogP contribution in [0.1, 0.15) is 19.0 Å². The maximum absolute atomic E-state index is 13.0. The monoisotopic (exact) mass is 365 g/mol. The van der Waals surface area contributed by atoms with Gasteiger partial charge in [0.1, 0.15) is 17.3 Å². The largest absolute Gasteiger partial charge is 0.457 e. The van der Waals surface area contributed by atoms with Crippen LogP contribution in [0, 0.1) is 5.82 Å². The molecule has 2 aromatic carbocycles. The standard InChI is InChI=1S/C21H20FN3O2/c22-17-5-9-19(10-6-17)27-18-7-3-16(4-8-18)20-11-12-23-25(20)21(15-26)24-13-1-2-14-24/h3-12,15,21H,1-2,13-14H2. The number of hydrogen-bond acceptors (Lipinski definition) is 4. The molecular weight excluding hydrogens is 345 g/mol. The van der Waals surface area contributed by atoms with Gasteiger partial charge in [-0.3, -0.25) is 9.69 Å². The zero-order valence-corrected chi connectivity index (χ0v) is 14.8. The van der Waals surface area contributed by atoms with E-state index in [0.29, 0.717) is 11.5 Å². The van der Waals surface area contributed by atoms with Gasteiger partial charge >= 0.3 is 0 Å². The van der Waals surface area contributed by atoms with Crippen LogP contribution >= 0.6 is 0 Å². The van der Waals surface area contributed by atoms with Gasteiger partial charge in [-0.25, -0.2) is 9.07 Å². The summed E-state index contributed by atoms with van der Waals surface area (Å²) >= 11 is 0. The van der Waals surface area contributed by atoms with E-state index in [0.717, 1.165) is 43.5 Å². The molecule has 1 fully saturated rings. The predicted octanol–water partition coefficient (Wildman–Crippen LogP) is 4.27. The van der Waals surface area contributed by atoms with E-state index in [1.165, 1.54) is 12.1 Å². The Morgan fingerprint density at radius 3 is 2.22 bits per heavy atom. The van der Waals surface area contributed by atoms with E-state index >= 15 is 0 Å². The Hall–Kier alpha value is -2.99. The van der Waals surface area contributed by atoms with Gasteiger partial charge in [0.25, 0.3) is 0 Å². The highest BCUT2D eigenvalue weighted by atomic mass is 19.1. The van der Waals surface area contributed by atoms with Crippen molar-refractivity contribution in [3.8, 4) is 22.8 Å². The molecule has 1 aliphatic heterocycles. The fraction of sp³-hybridized carbons (Fsp3) is 0.238. The van der Waals surface area contributed by atoms with Gasteiger partial charge in [-0.1, -0.05) is 0 Å². The molecule has 0 aliphatic carbocycles. The number of halogens is 1. The van der Waals surface area contributed by atoms with Gasteiger partial charge in [0.15, 0.2) is 12.5 Å². The third kappa shape index (κ3) is 3.75. The van der Waals surface area contributed by atoms with E-state index in [1.54, 1.807) is 23.0 Å². The highest BCUT2D eigenvalue weighted by Crippen LogP contribution is 2.28. The van der Waals surface area contributed by atoms with Crippen LogP contribution < -0.4 is 4.74 Å². The lowest BCUT2D eigenvalue weighted by atomic mass is 10.1. The van der Waals surface area contributed by atoms with E-state index < -0.39 is 0 Å². The summed E-state index contributed by atoms with van der Waals surface area (Å²) in [5, 5.41) is 4.38. The Bertz CT molecular complexity index is 900. The van der Waals surface area contributed by atoms with Crippen LogP contribution in [0.4, 0.5) is 4.39 Å². The average Bonchev–Trinajstić information content (AvgIpc) is 3.38. The average molecular weight is 365 g/mol. The molecule has 27 heavy (non-hydrogen) atoms. The minimum absolute atomic E-state index is 0.298. The molecule has 4 rings (SSSR count). The van der Waals surface area contributed by atoms with Crippen molar-refractivity contribution in [1.29, 1.82) is 0 Å². The quantitative estimate of drug-likeness (QED) is 0.612. The van der Waals surface area contributed by atoms with Crippen molar-refractivity contribution in [1.82, 2.24) is 14.7 Å². The van der Waals surface area contributed by atoms with Crippen LogP contribution in [-0.2, 0) is 4.79 Å². The van der Waals surface area contributed by atoms with Crippen molar-refractivity contribution in [3.63, 3.8) is 0 Å². The molecule has 6 heteroatoms. The van der Waals surface area contributed by atoms with Crippen LogP contribution in [0.5, 0.6) is 11.5 Å². The normalized spacial score (nSPS) is 15.6. The number of benzene rings is 2. The van der Waals surface area contributed by atoms with Gasteiger partial charge in [-0.2, -0.15) is 5.10 Å². The molecule has 0 saturated carbocycles.